The van der Waals surface area contributed by atoms with Gasteiger partial charge in [-0.15, -0.1) is 0 Å². The van der Waals surface area contributed by atoms with Gasteiger partial charge in [0.1, 0.15) is 11.4 Å². The largest absolute Gasteiger partial charge is 0.588 e. The molecule has 0 saturated carbocycles. The first kappa shape index (κ1) is 19.5. The van der Waals surface area contributed by atoms with Crippen molar-refractivity contribution in [1.82, 2.24) is 0 Å². The molecule has 4 heteroatoms. The van der Waals surface area contributed by atoms with Crippen LogP contribution in [0.1, 0.15) is 5.56 Å². The van der Waals surface area contributed by atoms with Crippen LogP contribution in [0.2, 0.25) is 0 Å². The third-order valence-electron chi connectivity index (χ3n) is 5.58. The second kappa shape index (κ2) is 7.99. The van der Waals surface area contributed by atoms with Crippen molar-refractivity contribution in [2.24, 2.45) is 0 Å². The van der Waals surface area contributed by atoms with Gasteiger partial charge in [-0.05, 0) is 52.7 Å². The first-order valence-corrected chi connectivity index (χ1v) is 11.3. The van der Waals surface area contributed by atoms with Crippen molar-refractivity contribution in [1.29, 1.82) is 0 Å². The van der Waals surface area contributed by atoms with Crippen molar-refractivity contribution in [3.63, 3.8) is 0 Å². The lowest BCUT2D eigenvalue weighted by Crippen LogP contribution is -2.14. The second-order valence-electron chi connectivity index (χ2n) is 7.64. The van der Waals surface area contributed by atoms with Crippen LogP contribution in [0.25, 0.3) is 32.7 Å². The van der Waals surface area contributed by atoms with Gasteiger partial charge < -0.3 is 10.3 Å². The number of rotatable bonds is 4. The zero-order valence-corrected chi connectivity index (χ0v) is 17.9. The number of hydrogen-bond donors (Lipinski definition) is 2. The van der Waals surface area contributed by atoms with Crippen molar-refractivity contribution in [2.45, 2.75) is 11.8 Å². The van der Waals surface area contributed by atoms with Crippen LogP contribution in [0.15, 0.2) is 102 Å². The smallest absolute Gasteiger partial charge is 0.179 e. The molecule has 0 bridgehead atoms. The molecule has 0 aliphatic rings. The third-order valence-corrected chi connectivity index (χ3v) is 6.68. The summed E-state index contributed by atoms with van der Waals surface area (Å²) in [6, 6.07) is 32.2. The van der Waals surface area contributed by atoms with E-state index < -0.39 is 11.4 Å². The molecule has 1 atom stereocenters. The Kier molecular flexibility index (Phi) is 5.02. The summed E-state index contributed by atoms with van der Waals surface area (Å²) in [6.07, 6.45) is 0. The molecule has 1 unspecified atom stereocenters. The number of benzene rings is 5. The molecule has 152 valence electrons. The number of fused-ring (bicyclic) bond motifs is 2. The van der Waals surface area contributed by atoms with Crippen LogP contribution in [0, 0.1) is 6.92 Å². The molecule has 0 aliphatic carbocycles. The minimum atomic E-state index is -1.40. The van der Waals surface area contributed by atoms with Gasteiger partial charge in [-0.2, -0.15) is 0 Å². The summed E-state index contributed by atoms with van der Waals surface area (Å²) in [6.45, 7) is 2.02. The monoisotopic (exact) mass is 422 g/mol. The van der Waals surface area contributed by atoms with Gasteiger partial charge in [0.15, 0.2) is 4.90 Å². The van der Waals surface area contributed by atoms with Crippen LogP contribution in [0.4, 0.5) is 11.4 Å². The van der Waals surface area contributed by atoms with Crippen LogP contribution < -0.4 is 10.5 Å². The normalized spacial score (nSPS) is 12.2. The maximum atomic E-state index is 13.2. The second-order valence-corrected chi connectivity index (χ2v) is 8.86. The number of nitrogen functional groups attached to an aromatic ring is 1. The fourth-order valence-corrected chi connectivity index (χ4v) is 4.88. The van der Waals surface area contributed by atoms with Crippen LogP contribution in [0.3, 0.4) is 0 Å². The number of anilines is 2. The fourth-order valence-electron chi connectivity index (χ4n) is 4.01. The first-order valence-electron chi connectivity index (χ1n) is 10.2. The Morgan fingerprint density at radius 3 is 1.94 bits per heavy atom. The molecule has 0 aliphatic heterocycles. The first-order chi connectivity index (χ1) is 15.1. The highest BCUT2D eigenvalue weighted by Crippen LogP contribution is 2.43. The van der Waals surface area contributed by atoms with Gasteiger partial charge >= 0.3 is 0 Å². The minimum Gasteiger partial charge on any atom is -0.588 e. The van der Waals surface area contributed by atoms with Crippen molar-refractivity contribution in [2.75, 3.05) is 10.5 Å². The van der Waals surface area contributed by atoms with Gasteiger partial charge in [0.25, 0.3) is 0 Å². The SMILES string of the molecule is Cc1ccc([S+]([O-])Nc2ccc3ccccc3c2-c2c(N)ccc3ccccc23)cc1. The van der Waals surface area contributed by atoms with Crippen LogP contribution in [0.5, 0.6) is 0 Å². The van der Waals surface area contributed by atoms with E-state index in [1.54, 1.807) is 0 Å². The Labute approximate surface area is 184 Å². The van der Waals surface area contributed by atoms with E-state index in [1.807, 2.05) is 73.7 Å². The summed E-state index contributed by atoms with van der Waals surface area (Å²) in [5, 5.41) is 4.36. The van der Waals surface area contributed by atoms with Crippen molar-refractivity contribution < 1.29 is 4.55 Å². The van der Waals surface area contributed by atoms with Gasteiger partial charge in [-0.3, -0.25) is 0 Å². The highest BCUT2D eigenvalue weighted by molar-refractivity contribution is 7.92. The molecule has 0 fully saturated rings. The lowest BCUT2D eigenvalue weighted by atomic mass is 9.91. The zero-order chi connectivity index (χ0) is 21.4. The Hall–Kier alpha value is -3.47. The summed E-state index contributed by atoms with van der Waals surface area (Å²) < 4.78 is 16.4. The molecule has 5 aromatic rings. The fraction of sp³-hybridized carbons (Fsp3) is 0.0370. The summed E-state index contributed by atoms with van der Waals surface area (Å²) in [7, 11) is 0. The molecule has 31 heavy (non-hydrogen) atoms. The van der Waals surface area contributed by atoms with Gasteiger partial charge in [0.05, 0.1) is 5.69 Å². The molecule has 0 amide bonds. The summed E-state index contributed by atoms with van der Waals surface area (Å²) in [4.78, 5) is 0.732. The number of hydrogen-bond acceptors (Lipinski definition) is 3. The molecule has 0 radical (unpaired) electrons. The van der Waals surface area contributed by atoms with E-state index in [1.165, 1.54) is 0 Å². The maximum Gasteiger partial charge on any atom is 0.179 e. The van der Waals surface area contributed by atoms with E-state index in [9.17, 15) is 4.55 Å². The predicted molar refractivity (Wildman–Crippen MR) is 133 cm³/mol. The molecule has 0 heterocycles. The molecule has 3 N–H and O–H groups in total. The van der Waals surface area contributed by atoms with E-state index in [2.05, 4.69) is 35.1 Å². The van der Waals surface area contributed by atoms with E-state index in [0.717, 1.165) is 48.8 Å². The number of nitrogens with two attached hydrogens (primary N) is 1. The van der Waals surface area contributed by atoms with Crippen LogP contribution in [-0.4, -0.2) is 4.55 Å². The third kappa shape index (κ3) is 3.61. The maximum absolute atomic E-state index is 13.2. The van der Waals surface area contributed by atoms with Crippen molar-refractivity contribution in [3.8, 4) is 11.1 Å². The number of nitrogens with one attached hydrogen (secondary N) is 1. The summed E-state index contributed by atoms with van der Waals surface area (Å²) in [5.74, 6) is 0. The van der Waals surface area contributed by atoms with Gasteiger partial charge in [0, 0.05) is 16.8 Å². The van der Waals surface area contributed by atoms with Gasteiger partial charge in [-0.1, -0.05) is 78.4 Å². The standard InChI is InChI=1S/C27H22N2OS/c1-18-10-14-21(15-11-18)31(30)29-25-17-13-20-7-3-5-9-23(20)27(25)26-22-8-4-2-6-19(22)12-16-24(26)28/h2-17,29H,28H2,1H3. The molecule has 5 aromatic carbocycles. The van der Waals surface area contributed by atoms with Crippen LogP contribution in [-0.2, 0) is 11.4 Å². The van der Waals surface area contributed by atoms with Crippen LogP contribution >= 0.6 is 0 Å². The van der Waals surface area contributed by atoms with E-state index >= 15 is 0 Å². The molecule has 0 saturated heterocycles. The van der Waals surface area contributed by atoms with Gasteiger partial charge in [0.2, 0.25) is 0 Å². The molecule has 0 aromatic heterocycles. The highest BCUT2D eigenvalue weighted by atomic mass is 32.2. The molecular formula is C27H22N2OS. The minimum absolute atomic E-state index is 0.694. The van der Waals surface area contributed by atoms with E-state index in [0.29, 0.717) is 5.69 Å². The Morgan fingerprint density at radius 1 is 0.677 bits per heavy atom. The van der Waals surface area contributed by atoms with Crippen molar-refractivity contribution in [3.05, 3.63) is 103 Å². The molecule has 0 spiro atoms. The molecule has 5 rings (SSSR count). The predicted octanol–water partition coefficient (Wildman–Crippen LogP) is 6.69. The Morgan fingerprint density at radius 2 is 1.26 bits per heavy atom. The summed E-state index contributed by atoms with van der Waals surface area (Å²) >= 11 is -1.40. The average molecular weight is 423 g/mol. The van der Waals surface area contributed by atoms with E-state index in [4.69, 9.17) is 5.73 Å². The Bertz CT molecular complexity index is 1400. The number of aryl methyl sites for hydroxylation is 1. The molecular weight excluding hydrogens is 400 g/mol. The topological polar surface area (TPSA) is 61.1 Å². The quantitative estimate of drug-likeness (QED) is 0.251. The Balaban J connectivity index is 1.74. The lowest BCUT2D eigenvalue weighted by molar-refractivity contribution is 0.600. The highest BCUT2D eigenvalue weighted by Gasteiger charge is 2.20. The molecule has 3 nitrogen and oxygen atoms in total. The van der Waals surface area contributed by atoms with Gasteiger partial charge in [-0.25, -0.2) is 4.72 Å². The van der Waals surface area contributed by atoms with E-state index in [-0.39, 0.29) is 0 Å². The zero-order valence-electron chi connectivity index (χ0n) is 17.1. The lowest BCUT2D eigenvalue weighted by Gasteiger charge is -2.19. The van der Waals surface area contributed by atoms with Crippen molar-refractivity contribution >= 4 is 44.3 Å². The average Bonchev–Trinajstić information content (AvgIpc) is 2.80. The summed E-state index contributed by atoms with van der Waals surface area (Å²) in [5.41, 5.74) is 11.1.